The third-order valence-electron chi connectivity index (χ3n) is 2.84. The van der Waals surface area contributed by atoms with Crippen LogP contribution < -0.4 is 4.57 Å². The Morgan fingerprint density at radius 1 is 1.05 bits per heavy atom. The predicted octanol–water partition coefficient (Wildman–Crippen LogP) is 3.27. The summed E-state index contributed by atoms with van der Waals surface area (Å²) in [6.45, 7) is 0.483. The molecular formula is C16H15ClNO2+. The van der Waals surface area contributed by atoms with Crippen LogP contribution in [0.2, 0.25) is 5.02 Å². The fraction of sp³-hybridized carbons (Fsp3) is 0.125. The highest BCUT2D eigenvalue weighted by Gasteiger charge is 2.03. The second-order valence-corrected chi connectivity index (χ2v) is 4.83. The van der Waals surface area contributed by atoms with Crippen molar-refractivity contribution in [3.05, 3.63) is 64.9 Å². The quantitative estimate of drug-likeness (QED) is 0.858. The number of rotatable bonds is 5. The van der Waals surface area contributed by atoms with Crippen LogP contribution in [0.15, 0.2) is 48.8 Å². The van der Waals surface area contributed by atoms with Gasteiger partial charge in [0, 0.05) is 17.2 Å². The maximum atomic E-state index is 10.5. The van der Waals surface area contributed by atoms with Crippen LogP contribution in [0.3, 0.4) is 0 Å². The summed E-state index contributed by atoms with van der Waals surface area (Å²) in [7, 11) is 0. The molecule has 0 fully saturated rings. The molecule has 3 nitrogen and oxygen atoms in total. The maximum absolute atomic E-state index is 10.5. The van der Waals surface area contributed by atoms with Crippen LogP contribution in [-0.2, 0) is 11.3 Å². The van der Waals surface area contributed by atoms with Gasteiger partial charge in [-0.2, -0.15) is 0 Å². The molecule has 0 aliphatic carbocycles. The van der Waals surface area contributed by atoms with Gasteiger partial charge in [0.15, 0.2) is 18.9 Å². The number of halogens is 1. The minimum atomic E-state index is -0.788. The number of nitrogens with zero attached hydrogens (tertiary/aromatic N) is 1. The fourth-order valence-corrected chi connectivity index (χ4v) is 1.85. The van der Waals surface area contributed by atoms with E-state index in [0.29, 0.717) is 6.54 Å². The average Bonchev–Trinajstić information content (AvgIpc) is 2.45. The molecule has 0 aliphatic heterocycles. The Labute approximate surface area is 122 Å². The first-order valence-electron chi connectivity index (χ1n) is 6.28. The molecule has 4 heteroatoms. The molecule has 0 atom stereocenters. The number of aromatic nitrogens is 1. The fourth-order valence-electron chi connectivity index (χ4n) is 1.72. The minimum absolute atomic E-state index is 0.130. The van der Waals surface area contributed by atoms with Gasteiger partial charge in [0.25, 0.3) is 0 Å². The largest absolute Gasteiger partial charge is 0.481 e. The van der Waals surface area contributed by atoms with E-state index in [1.807, 2.05) is 65.5 Å². The summed E-state index contributed by atoms with van der Waals surface area (Å²) < 4.78 is 1.85. The molecule has 2 rings (SSSR count). The number of pyridine rings is 1. The molecule has 0 bridgehead atoms. The van der Waals surface area contributed by atoms with Gasteiger partial charge in [-0.15, -0.1) is 0 Å². The van der Waals surface area contributed by atoms with E-state index in [4.69, 9.17) is 16.7 Å². The van der Waals surface area contributed by atoms with Gasteiger partial charge in [-0.25, -0.2) is 4.57 Å². The average molecular weight is 289 g/mol. The number of carboxylic acids is 1. The summed E-state index contributed by atoms with van der Waals surface area (Å²) in [5, 5.41) is 9.35. The molecule has 2 aromatic rings. The first kappa shape index (κ1) is 14.3. The van der Waals surface area contributed by atoms with Gasteiger partial charge >= 0.3 is 5.97 Å². The van der Waals surface area contributed by atoms with Crippen LogP contribution in [0.5, 0.6) is 0 Å². The van der Waals surface area contributed by atoms with Crippen molar-refractivity contribution >= 4 is 29.7 Å². The Morgan fingerprint density at radius 2 is 1.60 bits per heavy atom. The molecule has 1 heterocycles. The second kappa shape index (κ2) is 6.87. The number of aryl methyl sites for hydroxylation is 1. The smallest absolute Gasteiger partial charge is 0.309 e. The number of carbonyl (C=O) groups is 1. The summed E-state index contributed by atoms with van der Waals surface area (Å²) in [5.74, 6) is -0.788. The van der Waals surface area contributed by atoms with E-state index in [1.54, 1.807) is 0 Å². The standard InChI is InChI=1S/C16H14ClNO2/c17-15-5-3-13(4-6-15)1-2-14-7-10-18(11-8-14)12-9-16(19)20/h1-8,10-11H,9,12H2/p+1/b2-1-. The number of aliphatic carboxylic acids is 1. The normalized spacial score (nSPS) is 10.8. The zero-order valence-electron chi connectivity index (χ0n) is 10.9. The van der Waals surface area contributed by atoms with Crippen molar-refractivity contribution in [1.29, 1.82) is 0 Å². The van der Waals surface area contributed by atoms with E-state index in [-0.39, 0.29) is 6.42 Å². The monoisotopic (exact) mass is 288 g/mol. The van der Waals surface area contributed by atoms with Crippen LogP contribution in [-0.4, -0.2) is 11.1 Å². The molecule has 0 aliphatic rings. The van der Waals surface area contributed by atoms with E-state index in [9.17, 15) is 4.79 Å². The molecule has 0 spiro atoms. The molecule has 20 heavy (non-hydrogen) atoms. The van der Waals surface area contributed by atoms with E-state index in [2.05, 4.69) is 0 Å². The van der Waals surface area contributed by atoms with Gasteiger partial charge in [0.05, 0.1) is 0 Å². The van der Waals surface area contributed by atoms with Crippen molar-refractivity contribution < 1.29 is 14.5 Å². The van der Waals surface area contributed by atoms with E-state index < -0.39 is 5.97 Å². The third kappa shape index (κ3) is 4.52. The summed E-state index contributed by atoms with van der Waals surface area (Å²) in [6, 6.07) is 11.5. The lowest BCUT2D eigenvalue weighted by Crippen LogP contribution is -2.33. The zero-order chi connectivity index (χ0) is 14.4. The van der Waals surface area contributed by atoms with E-state index in [1.165, 1.54) is 0 Å². The Hall–Kier alpha value is -2.13. The van der Waals surface area contributed by atoms with Crippen molar-refractivity contribution in [3.8, 4) is 0 Å². The van der Waals surface area contributed by atoms with Crippen LogP contribution >= 0.6 is 11.6 Å². The minimum Gasteiger partial charge on any atom is -0.481 e. The molecule has 1 aromatic carbocycles. The first-order chi connectivity index (χ1) is 9.63. The highest BCUT2D eigenvalue weighted by Crippen LogP contribution is 2.12. The lowest BCUT2D eigenvalue weighted by atomic mass is 10.1. The first-order valence-corrected chi connectivity index (χ1v) is 6.66. The Balaban J connectivity index is 1.99. The highest BCUT2D eigenvalue weighted by molar-refractivity contribution is 6.30. The molecule has 0 radical (unpaired) electrons. The summed E-state index contributed by atoms with van der Waals surface area (Å²) >= 11 is 5.83. The van der Waals surface area contributed by atoms with E-state index in [0.717, 1.165) is 16.1 Å². The summed E-state index contributed by atoms with van der Waals surface area (Å²) in [5.41, 5.74) is 2.14. The van der Waals surface area contributed by atoms with Crippen molar-refractivity contribution in [2.45, 2.75) is 13.0 Å². The Kier molecular flexibility index (Phi) is 4.91. The number of hydrogen-bond acceptors (Lipinski definition) is 1. The predicted molar refractivity (Wildman–Crippen MR) is 79.3 cm³/mol. The lowest BCUT2D eigenvalue weighted by Gasteiger charge is -1.96. The van der Waals surface area contributed by atoms with Gasteiger partial charge in [0.1, 0.15) is 6.42 Å². The topological polar surface area (TPSA) is 41.2 Å². The molecule has 0 unspecified atom stereocenters. The molecule has 0 saturated heterocycles. The molecule has 0 saturated carbocycles. The maximum Gasteiger partial charge on any atom is 0.309 e. The second-order valence-electron chi connectivity index (χ2n) is 4.40. The SMILES string of the molecule is O=C(O)CC[n+]1ccc(/C=C\c2ccc(Cl)cc2)cc1. The van der Waals surface area contributed by atoms with Crippen LogP contribution in [0.1, 0.15) is 17.5 Å². The Morgan fingerprint density at radius 3 is 2.15 bits per heavy atom. The number of carboxylic acid groups (broad SMARTS) is 1. The summed E-state index contributed by atoms with van der Waals surface area (Å²) in [6.07, 6.45) is 7.90. The van der Waals surface area contributed by atoms with Crippen LogP contribution in [0, 0.1) is 0 Å². The van der Waals surface area contributed by atoms with Crippen LogP contribution in [0.25, 0.3) is 12.2 Å². The highest BCUT2D eigenvalue weighted by atomic mass is 35.5. The third-order valence-corrected chi connectivity index (χ3v) is 3.09. The molecular weight excluding hydrogens is 274 g/mol. The van der Waals surface area contributed by atoms with E-state index >= 15 is 0 Å². The van der Waals surface area contributed by atoms with Gasteiger partial charge in [-0.3, -0.25) is 4.79 Å². The van der Waals surface area contributed by atoms with Crippen molar-refractivity contribution in [3.63, 3.8) is 0 Å². The lowest BCUT2D eigenvalue weighted by molar-refractivity contribution is -0.696. The van der Waals surface area contributed by atoms with Gasteiger partial charge in [-0.05, 0) is 23.3 Å². The van der Waals surface area contributed by atoms with Gasteiger partial charge in [-0.1, -0.05) is 35.9 Å². The summed E-state index contributed by atoms with van der Waals surface area (Å²) in [4.78, 5) is 10.5. The van der Waals surface area contributed by atoms with Crippen molar-refractivity contribution in [2.75, 3.05) is 0 Å². The van der Waals surface area contributed by atoms with Crippen LogP contribution in [0.4, 0.5) is 0 Å². The van der Waals surface area contributed by atoms with Crippen molar-refractivity contribution in [2.24, 2.45) is 0 Å². The molecule has 1 aromatic heterocycles. The zero-order valence-corrected chi connectivity index (χ0v) is 11.6. The molecule has 1 N–H and O–H groups in total. The number of hydrogen-bond donors (Lipinski definition) is 1. The van der Waals surface area contributed by atoms with Gasteiger partial charge in [0.2, 0.25) is 0 Å². The Bertz CT molecular complexity index is 603. The van der Waals surface area contributed by atoms with Crippen molar-refractivity contribution in [1.82, 2.24) is 0 Å². The molecule has 102 valence electrons. The van der Waals surface area contributed by atoms with Gasteiger partial charge < -0.3 is 5.11 Å². The molecule has 0 amide bonds. The number of benzene rings is 1.